The molecule has 0 aliphatic carbocycles. The average molecular weight is 275 g/mol. The van der Waals surface area contributed by atoms with Crippen LogP contribution >= 0.6 is 0 Å². The molecule has 0 radical (unpaired) electrons. The monoisotopic (exact) mass is 275 g/mol. The number of ether oxygens (including phenoxy) is 1. The Balaban J connectivity index is 2.30. The fraction of sp³-hybridized carbons (Fsp3) is 0.500. The third-order valence-corrected chi connectivity index (χ3v) is 3.42. The van der Waals surface area contributed by atoms with E-state index in [-0.39, 0.29) is 12.6 Å². The molecule has 106 valence electrons. The maximum Gasteiger partial charge on any atom is 0.311 e. The summed E-state index contributed by atoms with van der Waals surface area (Å²) in [6.07, 6.45) is 2.45. The van der Waals surface area contributed by atoms with Gasteiger partial charge in [0, 0.05) is 18.4 Å². The molecule has 1 aliphatic heterocycles. The van der Waals surface area contributed by atoms with E-state index in [1.165, 1.54) is 0 Å². The van der Waals surface area contributed by atoms with Crippen molar-refractivity contribution >= 4 is 11.7 Å². The van der Waals surface area contributed by atoms with Crippen molar-refractivity contribution in [2.75, 3.05) is 24.7 Å². The van der Waals surface area contributed by atoms with E-state index in [4.69, 9.17) is 10.00 Å². The third kappa shape index (κ3) is 2.89. The van der Waals surface area contributed by atoms with E-state index in [2.05, 4.69) is 4.98 Å². The SMILES string of the molecule is CCCN(c1ccnc(C#N)c1)C1COCC1C(=O)O. The predicted octanol–water partition coefficient (Wildman–Crippen LogP) is 1.27. The summed E-state index contributed by atoms with van der Waals surface area (Å²) in [7, 11) is 0. The van der Waals surface area contributed by atoms with Gasteiger partial charge in [-0.25, -0.2) is 4.98 Å². The van der Waals surface area contributed by atoms with Gasteiger partial charge in [0.2, 0.25) is 0 Å². The molecule has 0 bridgehead atoms. The molecule has 1 saturated heterocycles. The van der Waals surface area contributed by atoms with Crippen LogP contribution in [0.25, 0.3) is 0 Å². The van der Waals surface area contributed by atoms with E-state index in [0.29, 0.717) is 18.8 Å². The van der Waals surface area contributed by atoms with E-state index >= 15 is 0 Å². The van der Waals surface area contributed by atoms with Crippen LogP contribution < -0.4 is 4.90 Å². The molecule has 0 spiro atoms. The van der Waals surface area contributed by atoms with Gasteiger partial charge < -0.3 is 14.7 Å². The number of nitrogens with zero attached hydrogens (tertiary/aromatic N) is 3. The maximum atomic E-state index is 11.3. The van der Waals surface area contributed by atoms with E-state index in [1.54, 1.807) is 18.3 Å². The van der Waals surface area contributed by atoms with Crippen LogP contribution in [0.3, 0.4) is 0 Å². The number of carbonyl (C=O) groups is 1. The lowest BCUT2D eigenvalue weighted by Crippen LogP contribution is -2.43. The van der Waals surface area contributed by atoms with Crippen LogP contribution in [0.15, 0.2) is 18.3 Å². The largest absolute Gasteiger partial charge is 0.481 e. The number of hydrogen-bond acceptors (Lipinski definition) is 5. The van der Waals surface area contributed by atoms with E-state index < -0.39 is 11.9 Å². The van der Waals surface area contributed by atoms with Gasteiger partial charge in [-0.1, -0.05) is 6.92 Å². The quantitative estimate of drug-likeness (QED) is 0.870. The molecule has 6 nitrogen and oxygen atoms in total. The predicted molar refractivity (Wildman–Crippen MR) is 72.3 cm³/mol. The van der Waals surface area contributed by atoms with Gasteiger partial charge in [-0.15, -0.1) is 0 Å². The van der Waals surface area contributed by atoms with Gasteiger partial charge in [-0.2, -0.15) is 5.26 Å². The van der Waals surface area contributed by atoms with Crippen LogP contribution in [0.2, 0.25) is 0 Å². The lowest BCUT2D eigenvalue weighted by atomic mass is 10.0. The lowest BCUT2D eigenvalue weighted by molar-refractivity contribution is -0.141. The Kier molecular flexibility index (Phi) is 4.53. The van der Waals surface area contributed by atoms with E-state index in [0.717, 1.165) is 12.1 Å². The molecule has 2 atom stereocenters. The standard InChI is InChI=1S/C14H17N3O3/c1-2-5-17(11-3-4-16-10(6-11)7-15)13-9-20-8-12(13)14(18)19/h3-4,6,12-13H,2,5,8-9H2,1H3,(H,18,19). The lowest BCUT2D eigenvalue weighted by Gasteiger charge is -2.32. The van der Waals surface area contributed by atoms with Crippen LogP contribution in [0.1, 0.15) is 19.0 Å². The zero-order chi connectivity index (χ0) is 14.5. The minimum Gasteiger partial charge on any atom is -0.481 e. The Bertz CT molecular complexity index is 527. The number of aliphatic carboxylic acids is 1. The van der Waals surface area contributed by atoms with E-state index in [1.807, 2.05) is 17.9 Å². The van der Waals surface area contributed by atoms with Crippen molar-refractivity contribution in [3.8, 4) is 6.07 Å². The number of anilines is 1. The molecule has 1 N–H and O–H groups in total. The highest BCUT2D eigenvalue weighted by atomic mass is 16.5. The molecule has 1 aliphatic rings. The Morgan fingerprint density at radius 2 is 2.45 bits per heavy atom. The highest BCUT2D eigenvalue weighted by Crippen LogP contribution is 2.26. The summed E-state index contributed by atoms with van der Waals surface area (Å²) in [4.78, 5) is 17.3. The van der Waals surface area contributed by atoms with Gasteiger partial charge in [-0.05, 0) is 18.6 Å². The molecule has 6 heteroatoms. The zero-order valence-electron chi connectivity index (χ0n) is 11.3. The highest BCUT2D eigenvalue weighted by molar-refractivity contribution is 5.72. The summed E-state index contributed by atoms with van der Waals surface area (Å²) in [5, 5.41) is 18.2. The summed E-state index contributed by atoms with van der Waals surface area (Å²) in [6, 6.07) is 5.28. The topological polar surface area (TPSA) is 86.5 Å². The maximum absolute atomic E-state index is 11.3. The Morgan fingerprint density at radius 3 is 3.10 bits per heavy atom. The first-order valence-electron chi connectivity index (χ1n) is 6.60. The molecule has 1 aromatic rings. The first-order chi connectivity index (χ1) is 9.67. The summed E-state index contributed by atoms with van der Waals surface area (Å²) in [5.74, 6) is -1.39. The van der Waals surface area contributed by atoms with Gasteiger partial charge in [0.15, 0.2) is 0 Å². The molecule has 0 aromatic carbocycles. The molecule has 2 rings (SSSR count). The molecular weight excluding hydrogens is 258 g/mol. The fourth-order valence-corrected chi connectivity index (χ4v) is 2.47. The summed E-state index contributed by atoms with van der Waals surface area (Å²) in [5.41, 5.74) is 1.15. The summed E-state index contributed by atoms with van der Waals surface area (Å²) in [6.45, 7) is 3.37. The van der Waals surface area contributed by atoms with Gasteiger partial charge in [-0.3, -0.25) is 4.79 Å². The van der Waals surface area contributed by atoms with Crippen LogP contribution in [0, 0.1) is 17.2 Å². The van der Waals surface area contributed by atoms with Crippen LogP contribution in [-0.2, 0) is 9.53 Å². The van der Waals surface area contributed by atoms with Crippen molar-refractivity contribution < 1.29 is 14.6 Å². The Labute approximate surface area is 117 Å². The number of rotatable bonds is 5. The number of nitriles is 1. The van der Waals surface area contributed by atoms with Crippen LogP contribution in [-0.4, -0.2) is 41.9 Å². The molecular formula is C14H17N3O3. The van der Waals surface area contributed by atoms with Crippen LogP contribution in [0.5, 0.6) is 0 Å². The van der Waals surface area contributed by atoms with E-state index in [9.17, 15) is 9.90 Å². The average Bonchev–Trinajstić information content (AvgIpc) is 2.94. The molecule has 1 aromatic heterocycles. The first kappa shape index (κ1) is 14.3. The molecule has 1 fully saturated rings. The number of carboxylic acids is 1. The third-order valence-electron chi connectivity index (χ3n) is 3.42. The smallest absolute Gasteiger partial charge is 0.311 e. The fourth-order valence-electron chi connectivity index (χ4n) is 2.47. The molecule has 2 unspecified atom stereocenters. The second-order valence-electron chi connectivity index (χ2n) is 4.75. The highest BCUT2D eigenvalue weighted by Gasteiger charge is 2.38. The Hall–Kier alpha value is -2.13. The minimum atomic E-state index is -0.844. The second-order valence-corrected chi connectivity index (χ2v) is 4.75. The molecule has 0 amide bonds. The van der Waals surface area contributed by atoms with Crippen LogP contribution in [0.4, 0.5) is 5.69 Å². The molecule has 2 heterocycles. The van der Waals surface area contributed by atoms with Crippen molar-refractivity contribution in [3.05, 3.63) is 24.0 Å². The summed E-state index contributed by atoms with van der Waals surface area (Å²) >= 11 is 0. The number of hydrogen-bond donors (Lipinski definition) is 1. The Morgan fingerprint density at radius 1 is 1.65 bits per heavy atom. The van der Waals surface area contributed by atoms with Crippen molar-refractivity contribution in [1.29, 1.82) is 5.26 Å². The van der Waals surface area contributed by atoms with Crippen molar-refractivity contribution in [3.63, 3.8) is 0 Å². The molecule has 0 saturated carbocycles. The normalized spacial score (nSPS) is 21.4. The zero-order valence-corrected chi connectivity index (χ0v) is 11.3. The molecule has 20 heavy (non-hydrogen) atoms. The number of pyridine rings is 1. The summed E-state index contributed by atoms with van der Waals surface area (Å²) < 4.78 is 5.33. The number of carboxylic acid groups (broad SMARTS) is 1. The van der Waals surface area contributed by atoms with Gasteiger partial charge in [0.25, 0.3) is 0 Å². The van der Waals surface area contributed by atoms with Gasteiger partial charge in [0.1, 0.15) is 17.7 Å². The minimum absolute atomic E-state index is 0.207. The van der Waals surface area contributed by atoms with Gasteiger partial charge >= 0.3 is 5.97 Å². The second kappa shape index (κ2) is 6.35. The first-order valence-corrected chi connectivity index (χ1v) is 6.60. The van der Waals surface area contributed by atoms with Gasteiger partial charge in [0.05, 0.1) is 19.3 Å². The van der Waals surface area contributed by atoms with Crippen molar-refractivity contribution in [2.45, 2.75) is 19.4 Å². The number of aromatic nitrogens is 1. The van der Waals surface area contributed by atoms with Crippen molar-refractivity contribution in [1.82, 2.24) is 4.98 Å². The van der Waals surface area contributed by atoms with Crippen molar-refractivity contribution in [2.24, 2.45) is 5.92 Å².